The first-order chi connectivity index (χ1) is 13.0. The summed E-state index contributed by atoms with van der Waals surface area (Å²) in [7, 11) is 0. The minimum Gasteiger partial charge on any atom is -0.481 e. The zero-order chi connectivity index (χ0) is 20.9. The molecule has 2 aromatic carbocycles. The second-order valence-corrected chi connectivity index (χ2v) is 8.73. The highest BCUT2D eigenvalue weighted by Crippen LogP contribution is 2.29. The van der Waals surface area contributed by atoms with Gasteiger partial charge in [-0.05, 0) is 60.9 Å². The van der Waals surface area contributed by atoms with Crippen molar-refractivity contribution in [2.45, 2.75) is 64.7 Å². The first-order valence-corrected chi connectivity index (χ1v) is 9.64. The lowest BCUT2D eigenvalue weighted by Crippen LogP contribution is -2.33. The lowest BCUT2D eigenvalue weighted by molar-refractivity contribution is -0.140. The number of carbonyl (C=O) groups is 2. The van der Waals surface area contributed by atoms with E-state index in [4.69, 9.17) is 9.84 Å². The van der Waals surface area contributed by atoms with E-state index < -0.39 is 11.4 Å². The van der Waals surface area contributed by atoms with Crippen LogP contribution in [0.3, 0.4) is 0 Å². The quantitative estimate of drug-likeness (QED) is 0.523. The van der Waals surface area contributed by atoms with Gasteiger partial charge in [0.25, 0.3) is 0 Å². The number of esters is 1. The largest absolute Gasteiger partial charge is 0.481 e. The molecule has 0 bridgehead atoms. The summed E-state index contributed by atoms with van der Waals surface area (Å²) < 4.78 is 5.60. The molecule has 0 heterocycles. The molecule has 4 heteroatoms. The van der Waals surface area contributed by atoms with Crippen LogP contribution in [0, 0.1) is 0 Å². The molecule has 28 heavy (non-hydrogen) atoms. The molecule has 2 rings (SSSR count). The minimum atomic E-state index is -0.789. The summed E-state index contributed by atoms with van der Waals surface area (Å²) in [5, 5.41) is 8.70. The second-order valence-electron chi connectivity index (χ2n) is 8.73. The van der Waals surface area contributed by atoms with E-state index in [0.29, 0.717) is 18.6 Å². The summed E-state index contributed by atoms with van der Waals surface area (Å²) in [5.41, 5.74) is 2.46. The van der Waals surface area contributed by atoms with Crippen molar-refractivity contribution in [1.29, 1.82) is 0 Å². The van der Waals surface area contributed by atoms with Crippen molar-refractivity contribution in [2.75, 3.05) is 0 Å². The van der Waals surface area contributed by atoms with Crippen LogP contribution in [0.5, 0.6) is 5.75 Å². The van der Waals surface area contributed by atoms with Gasteiger partial charge in [-0.15, -0.1) is 0 Å². The molecular weight excluding hydrogens is 352 g/mol. The van der Waals surface area contributed by atoms with Gasteiger partial charge in [0.1, 0.15) is 5.75 Å². The molecule has 0 saturated heterocycles. The van der Waals surface area contributed by atoms with Crippen molar-refractivity contribution < 1.29 is 19.4 Å². The van der Waals surface area contributed by atoms with Crippen LogP contribution in [0.4, 0.5) is 0 Å². The van der Waals surface area contributed by atoms with Crippen LogP contribution in [0.1, 0.15) is 64.2 Å². The highest BCUT2D eigenvalue weighted by molar-refractivity contribution is 5.84. The summed E-state index contributed by atoms with van der Waals surface area (Å²) in [4.78, 5) is 23.3. The van der Waals surface area contributed by atoms with E-state index >= 15 is 0 Å². The number of rotatable bonds is 7. The van der Waals surface area contributed by atoms with Gasteiger partial charge in [0.05, 0.1) is 5.41 Å². The molecule has 0 fully saturated rings. The van der Waals surface area contributed by atoms with E-state index in [9.17, 15) is 9.59 Å². The highest BCUT2D eigenvalue weighted by Gasteiger charge is 2.32. The highest BCUT2D eigenvalue weighted by atomic mass is 16.5. The van der Waals surface area contributed by atoms with Gasteiger partial charge in [-0.2, -0.15) is 0 Å². The van der Waals surface area contributed by atoms with Crippen LogP contribution in [0.2, 0.25) is 0 Å². The third kappa shape index (κ3) is 5.69. The Bertz CT molecular complexity index is 809. The Morgan fingerprint density at radius 1 is 0.857 bits per heavy atom. The molecule has 0 radical (unpaired) electrons. The average molecular weight is 383 g/mol. The number of benzene rings is 2. The van der Waals surface area contributed by atoms with Gasteiger partial charge in [-0.3, -0.25) is 9.59 Å². The summed E-state index contributed by atoms with van der Waals surface area (Å²) in [6.45, 7) is 10.2. The van der Waals surface area contributed by atoms with Gasteiger partial charge >= 0.3 is 11.9 Å². The van der Waals surface area contributed by atoms with E-state index in [1.807, 2.05) is 38.1 Å². The van der Waals surface area contributed by atoms with E-state index in [0.717, 1.165) is 11.1 Å². The molecule has 0 unspecified atom stereocenters. The molecule has 1 N–H and O–H groups in total. The first-order valence-electron chi connectivity index (χ1n) is 9.64. The Balaban J connectivity index is 2.03. The van der Waals surface area contributed by atoms with Crippen molar-refractivity contribution in [3.8, 4) is 5.75 Å². The number of ether oxygens (including phenoxy) is 1. The maximum Gasteiger partial charge on any atom is 0.321 e. The topological polar surface area (TPSA) is 63.6 Å². The lowest BCUT2D eigenvalue weighted by atomic mass is 9.81. The molecule has 4 nitrogen and oxygen atoms in total. The Hall–Kier alpha value is -2.62. The molecule has 0 aromatic heterocycles. The number of carboxylic acid groups (broad SMARTS) is 1. The zero-order valence-electron chi connectivity index (χ0n) is 17.4. The summed E-state index contributed by atoms with van der Waals surface area (Å²) in [6, 6.07) is 15.4. The lowest BCUT2D eigenvalue weighted by Gasteiger charge is -2.25. The van der Waals surface area contributed by atoms with Gasteiger partial charge < -0.3 is 9.84 Å². The Kier molecular flexibility index (Phi) is 6.65. The third-order valence-corrected chi connectivity index (χ3v) is 4.97. The maximum atomic E-state index is 12.8. The predicted octanol–water partition coefficient (Wildman–Crippen LogP) is 5.27. The monoisotopic (exact) mass is 382 g/mol. The summed E-state index contributed by atoms with van der Waals surface area (Å²) >= 11 is 0. The van der Waals surface area contributed by atoms with Crippen molar-refractivity contribution in [3.05, 3.63) is 65.2 Å². The van der Waals surface area contributed by atoms with Gasteiger partial charge in [-0.1, -0.05) is 57.2 Å². The van der Waals surface area contributed by atoms with Crippen LogP contribution in [-0.4, -0.2) is 17.0 Å². The summed E-state index contributed by atoms with van der Waals surface area (Å²) in [6.07, 6.45) is 1.43. The van der Waals surface area contributed by atoms with E-state index in [1.54, 1.807) is 12.1 Å². The molecule has 0 spiro atoms. The molecule has 0 aliphatic rings. The molecule has 0 amide bonds. The second kappa shape index (κ2) is 8.59. The molecular formula is C24H30O4. The van der Waals surface area contributed by atoms with Gasteiger partial charge in [0.2, 0.25) is 0 Å². The number of aliphatic carboxylic acids is 1. The molecule has 0 saturated carbocycles. The minimum absolute atomic E-state index is 0.0649. The number of carboxylic acids is 1. The summed E-state index contributed by atoms with van der Waals surface area (Å²) in [5.74, 6) is -0.607. The molecule has 0 aliphatic heterocycles. The van der Waals surface area contributed by atoms with Crippen molar-refractivity contribution in [3.63, 3.8) is 0 Å². The van der Waals surface area contributed by atoms with Crippen LogP contribution >= 0.6 is 0 Å². The van der Waals surface area contributed by atoms with Crippen molar-refractivity contribution in [1.82, 2.24) is 0 Å². The van der Waals surface area contributed by atoms with Crippen LogP contribution in [-0.2, 0) is 26.8 Å². The fourth-order valence-corrected chi connectivity index (χ4v) is 2.91. The fraction of sp³-hybridized carbons (Fsp3) is 0.417. The van der Waals surface area contributed by atoms with Crippen LogP contribution < -0.4 is 4.74 Å². The Labute approximate surface area is 167 Å². The van der Waals surface area contributed by atoms with Gasteiger partial charge in [0, 0.05) is 6.42 Å². The van der Waals surface area contributed by atoms with Crippen LogP contribution in [0.25, 0.3) is 0 Å². The van der Waals surface area contributed by atoms with Gasteiger partial charge in [-0.25, -0.2) is 0 Å². The predicted molar refractivity (Wildman–Crippen MR) is 111 cm³/mol. The van der Waals surface area contributed by atoms with Crippen LogP contribution in [0.15, 0.2) is 48.5 Å². The molecule has 0 atom stereocenters. The number of aryl methyl sites for hydroxylation is 1. The molecule has 0 aliphatic carbocycles. The number of hydrogen-bond donors (Lipinski definition) is 1. The molecule has 2 aromatic rings. The third-order valence-electron chi connectivity index (χ3n) is 4.97. The zero-order valence-corrected chi connectivity index (χ0v) is 17.4. The number of carbonyl (C=O) groups excluding carboxylic acids is 1. The fourth-order valence-electron chi connectivity index (χ4n) is 2.91. The van der Waals surface area contributed by atoms with Crippen molar-refractivity contribution in [2.24, 2.45) is 0 Å². The molecule has 150 valence electrons. The average Bonchev–Trinajstić information content (AvgIpc) is 2.62. The normalized spacial score (nSPS) is 11.9. The van der Waals surface area contributed by atoms with E-state index in [2.05, 4.69) is 32.9 Å². The standard InChI is InChI=1S/C24H30O4/c1-23(2,3)18-11-13-19(14-12-18)24(4,5)22(27)28-20-15-9-17(10-16-20)7-6-8-21(25)26/h9-16H,6-8H2,1-5H3,(H,25,26). The Morgan fingerprint density at radius 2 is 1.39 bits per heavy atom. The maximum absolute atomic E-state index is 12.8. The smallest absolute Gasteiger partial charge is 0.321 e. The van der Waals surface area contributed by atoms with E-state index in [-0.39, 0.29) is 17.8 Å². The number of hydrogen-bond acceptors (Lipinski definition) is 3. The van der Waals surface area contributed by atoms with Crippen molar-refractivity contribution >= 4 is 11.9 Å². The van der Waals surface area contributed by atoms with Gasteiger partial charge in [0.15, 0.2) is 0 Å². The first kappa shape index (κ1) is 21.7. The SMILES string of the molecule is CC(C)(C)c1ccc(C(C)(C)C(=O)Oc2ccc(CCCC(=O)O)cc2)cc1. The Morgan fingerprint density at radius 3 is 1.89 bits per heavy atom. The van der Waals surface area contributed by atoms with E-state index in [1.165, 1.54) is 5.56 Å².